The molecule has 1 amide bonds. The van der Waals surface area contributed by atoms with E-state index in [1.807, 2.05) is 11.0 Å². The van der Waals surface area contributed by atoms with Gasteiger partial charge in [-0.05, 0) is 126 Å². The van der Waals surface area contributed by atoms with Gasteiger partial charge in [-0.15, -0.1) is 0 Å². The number of H-pyrrole nitrogens is 1. The third kappa shape index (κ3) is 4.73. The average molecular weight is 591 g/mol. The van der Waals surface area contributed by atoms with Crippen LogP contribution in [0.25, 0.3) is 33.3 Å². The number of hydrogen-bond acceptors (Lipinski definition) is 4. The molecule has 1 unspecified atom stereocenters. The number of likely N-dealkylation sites (tertiary alicyclic amines) is 1. The van der Waals surface area contributed by atoms with Crippen molar-refractivity contribution in [3.8, 4) is 28.0 Å². The molecule has 2 heterocycles. The second-order valence-corrected chi connectivity index (χ2v) is 13.5. The van der Waals surface area contributed by atoms with Crippen LogP contribution in [-0.4, -0.2) is 39.0 Å². The van der Waals surface area contributed by atoms with Gasteiger partial charge in [0.25, 0.3) is 0 Å². The van der Waals surface area contributed by atoms with Crippen LogP contribution in [0.2, 0.25) is 0 Å². The zero-order valence-electron chi connectivity index (χ0n) is 26.3. The number of hydrogen-bond donors (Lipinski definition) is 3. The van der Waals surface area contributed by atoms with Crippen molar-refractivity contribution in [1.82, 2.24) is 14.9 Å². The molecule has 4 N–H and O–H groups in total. The van der Waals surface area contributed by atoms with E-state index >= 15 is 0 Å². The molecule has 3 aliphatic carbocycles. The Kier molecular flexibility index (Phi) is 7.74. The molecule has 0 bridgehead atoms. The average Bonchev–Trinajstić information content (AvgIpc) is 3.87. The largest absolute Gasteiger partial charge is 0.508 e. The number of nitrogens with zero attached hydrogens (tertiary/aromatic N) is 2. The van der Waals surface area contributed by atoms with Crippen LogP contribution in [0, 0.1) is 0 Å². The number of amides is 1. The van der Waals surface area contributed by atoms with Crippen molar-refractivity contribution in [2.75, 3.05) is 13.1 Å². The predicted octanol–water partition coefficient (Wildman–Crippen LogP) is 7.89. The Bertz CT molecular complexity index is 1710. The van der Waals surface area contributed by atoms with Gasteiger partial charge in [0.15, 0.2) is 0 Å². The van der Waals surface area contributed by atoms with Crippen LogP contribution < -0.4 is 5.73 Å². The quantitative estimate of drug-likeness (QED) is 0.225. The molecule has 230 valence electrons. The minimum atomic E-state index is -0.0285. The fourth-order valence-corrected chi connectivity index (χ4v) is 8.81. The van der Waals surface area contributed by atoms with Gasteiger partial charge >= 0.3 is 0 Å². The van der Waals surface area contributed by atoms with Crippen molar-refractivity contribution in [3.63, 3.8) is 0 Å². The van der Waals surface area contributed by atoms with Crippen molar-refractivity contribution in [2.45, 2.75) is 102 Å². The Hall–Kier alpha value is -3.64. The number of phenols is 1. The van der Waals surface area contributed by atoms with E-state index in [4.69, 9.17) is 10.7 Å². The molecule has 1 saturated heterocycles. The van der Waals surface area contributed by atoms with E-state index in [0.717, 1.165) is 67.5 Å². The van der Waals surface area contributed by atoms with Gasteiger partial charge in [0.2, 0.25) is 5.91 Å². The van der Waals surface area contributed by atoms with E-state index < -0.39 is 0 Å². The van der Waals surface area contributed by atoms with Crippen LogP contribution in [0.3, 0.4) is 0 Å². The number of phenolic OH excluding ortho intramolecular Hbond substituents is 1. The predicted molar refractivity (Wildman–Crippen MR) is 178 cm³/mol. The summed E-state index contributed by atoms with van der Waals surface area (Å²) in [5, 5.41) is 10.5. The van der Waals surface area contributed by atoms with E-state index in [-0.39, 0.29) is 23.9 Å². The van der Waals surface area contributed by atoms with Gasteiger partial charge in [0.05, 0.1) is 23.6 Å². The summed E-state index contributed by atoms with van der Waals surface area (Å²) in [5.41, 5.74) is 18.8. The molecule has 1 atom stereocenters. The summed E-state index contributed by atoms with van der Waals surface area (Å²) in [5.74, 6) is 1.32. The van der Waals surface area contributed by atoms with Crippen LogP contribution >= 0.6 is 0 Å². The molecule has 6 heteroatoms. The number of rotatable bonds is 4. The number of fused-ring (bicyclic) bond motifs is 4. The molecule has 1 spiro atoms. The second kappa shape index (κ2) is 11.7. The van der Waals surface area contributed by atoms with Crippen molar-refractivity contribution >= 4 is 16.9 Å². The van der Waals surface area contributed by atoms with Crippen molar-refractivity contribution < 1.29 is 9.90 Å². The maximum atomic E-state index is 12.4. The minimum absolute atomic E-state index is 0.00886. The number of imidazole rings is 1. The third-order valence-corrected chi connectivity index (χ3v) is 10.7. The van der Waals surface area contributed by atoms with Crippen LogP contribution in [0.15, 0.2) is 42.5 Å². The van der Waals surface area contributed by atoms with Crippen molar-refractivity contribution in [1.29, 1.82) is 0 Å². The first-order chi connectivity index (χ1) is 21.5. The Balaban J connectivity index is 0.00000100. The van der Waals surface area contributed by atoms with Gasteiger partial charge in [-0.2, -0.15) is 0 Å². The second-order valence-electron chi connectivity index (χ2n) is 13.5. The SMILES string of the molecule is CCC.NCC(=O)N1CCCC1c1nc2ccc(-c3ccc(-c4ccc(O)c5c4CCC5)c4c3C3(CCCC3)CC4)cc2[nH]1. The number of aromatic nitrogens is 2. The maximum absolute atomic E-state index is 12.4. The summed E-state index contributed by atoms with van der Waals surface area (Å²) < 4.78 is 0. The van der Waals surface area contributed by atoms with E-state index in [0.29, 0.717) is 5.75 Å². The van der Waals surface area contributed by atoms with Crippen molar-refractivity contribution in [2.24, 2.45) is 5.73 Å². The van der Waals surface area contributed by atoms with Crippen molar-refractivity contribution in [3.05, 3.63) is 70.5 Å². The van der Waals surface area contributed by atoms with E-state index in [9.17, 15) is 9.90 Å². The number of aromatic hydroxyl groups is 1. The molecule has 4 aromatic rings. The lowest BCUT2D eigenvalue weighted by molar-refractivity contribution is -0.130. The first-order valence-corrected chi connectivity index (χ1v) is 17.0. The number of benzene rings is 3. The highest BCUT2D eigenvalue weighted by Gasteiger charge is 2.44. The summed E-state index contributed by atoms with van der Waals surface area (Å²) >= 11 is 0. The lowest BCUT2D eigenvalue weighted by Crippen LogP contribution is -2.35. The molecule has 3 aromatic carbocycles. The molecule has 0 radical (unpaired) electrons. The zero-order chi connectivity index (χ0) is 30.4. The van der Waals surface area contributed by atoms with Crippen LogP contribution in [-0.2, 0) is 29.5 Å². The third-order valence-electron chi connectivity index (χ3n) is 10.7. The summed E-state index contributed by atoms with van der Waals surface area (Å²) in [6, 6.07) is 15.4. The number of carbonyl (C=O) groups is 1. The highest BCUT2D eigenvalue weighted by molar-refractivity contribution is 5.87. The number of carbonyl (C=O) groups excluding carboxylic acids is 1. The number of nitrogens with one attached hydrogen (secondary N) is 1. The molecule has 1 aliphatic heterocycles. The van der Waals surface area contributed by atoms with E-state index in [2.05, 4.69) is 55.2 Å². The zero-order valence-corrected chi connectivity index (χ0v) is 26.3. The van der Waals surface area contributed by atoms with Gasteiger partial charge < -0.3 is 20.7 Å². The molecule has 6 nitrogen and oxygen atoms in total. The fourth-order valence-electron chi connectivity index (χ4n) is 8.81. The first kappa shape index (κ1) is 29.1. The van der Waals surface area contributed by atoms with E-state index in [1.54, 1.807) is 5.56 Å². The monoisotopic (exact) mass is 590 g/mol. The summed E-state index contributed by atoms with van der Waals surface area (Å²) in [7, 11) is 0. The van der Waals surface area contributed by atoms with Crippen LogP contribution in [0.5, 0.6) is 5.75 Å². The Morgan fingerprint density at radius 2 is 1.66 bits per heavy atom. The summed E-state index contributed by atoms with van der Waals surface area (Å²) in [6.07, 6.45) is 13.8. The molecule has 8 rings (SSSR count). The minimum Gasteiger partial charge on any atom is -0.508 e. The summed E-state index contributed by atoms with van der Waals surface area (Å²) in [6.45, 7) is 5.03. The van der Waals surface area contributed by atoms with Gasteiger partial charge in [-0.25, -0.2) is 4.98 Å². The van der Waals surface area contributed by atoms with Gasteiger partial charge in [0.1, 0.15) is 11.6 Å². The first-order valence-electron chi connectivity index (χ1n) is 17.0. The molecule has 1 aromatic heterocycles. The molecule has 44 heavy (non-hydrogen) atoms. The van der Waals surface area contributed by atoms with Gasteiger partial charge in [0, 0.05) is 6.54 Å². The normalized spacial score (nSPS) is 19.8. The maximum Gasteiger partial charge on any atom is 0.236 e. The smallest absolute Gasteiger partial charge is 0.236 e. The highest BCUT2D eigenvalue weighted by atomic mass is 16.3. The number of nitrogens with two attached hydrogens (primary N) is 1. The Morgan fingerprint density at radius 3 is 2.45 bits per heavy atom. The topological polar surface area (TPSA) is 95.2 Å². The van der Waals surface area contributed by atoms with E-state index in [1.165, 1.54) is 71.9 Å². The Labute approximate surface area is 261 Å². The van der Waals surface area contributed by atoms with Gasteiger partial charge in [-0.3, -0.25) is 4.79 Å². The lowest BCUT2D eigenvalue weighted by atomic mass is 9.76. The molecular weight excluding hydrogens is 544 g/mol. The van der Waals surface area contributed by atoms with Crippen LogP contribution in [0.4, 0.5) is 0 Å². The Morgan fingerprint density at radius 1 is 0.932 bits per heavy atom. The standard InChI is InChI=1S/C35H38N4O2.C3H8/c36-20-32(41)39-18-4-7-30(39)34-37-28-12-8-21(19-29(28)38-34)22-9-10-25(24-11-13-31(40)26-6-3-5-23(24)26)27-14-17-35(33(22)27)15-1-2-16-35;1-3-2/h8-13,19,30,40H,1-7,14-18,20,36H2,(H,37,38);3H2,1-2H3. The number of aromatic amines is 1. The fraction of sp³-hybridized carbons (Fsp3) is 0.474. The van der Waals surface area contributed by atoms with Crippen LogP contribution in [0.1, 0.15) is 106 Å². The van der Waals surface area contributed by atoms with Gasteiger partial charge in [-0.1, -0.05) is 57.4 Å². The lowest BCUT2D eigenvalue weighted by Gasteiger charge is -2.28. The molecule has 4 aliphatic rings. The molecular formula is C38H46N4O2. The molecule has 2 fully saturated rings. The summed E-state index contributed by atoms with van der Waals surface area (Å²) in [4.78, 5) is 22.8. The highest BCUT2D eigenvalue weighted by Crippen LogP contribution is 2.56. The molecule has 1 saturated carbocycles.